The molecule has 0 aliphatic heterocycles. The van der Waals surface area contributed by atoms with E-state index in [-0.39, 0.29) is 11.3 Å². The number of carbonyl (C=O) groups excluding carboxylic acids is 1. The van der Waals surface area contributed by atoms with Crippen LogP contribution in [0, 0.1) is 13.8 Å². The summed E-state index contributed by atoms with van der Waals surface area (Å²) in [7, 11) is 0. The van der Waals surface area contributed by atoms with Crippen LogP contribution >= 0.6 is 0 Å². The molecule has 0 radical (unpaired) electrons. The Morgan fingerprint density at radius 1 is 1.24 bits per heavy atom. The van der Waals surface area contributed by atoms with Crippen molar-refractivity contribution in [3.05, 3.63) is 11.3 Å². The third kappa shape index (κ3) is 2.37. The summed E-state index contributed by atoms with van der Waals surface area (Å²) < 4.78 is 65.0. The molecule has 0 aromatic carbocycles. The number of nitrogens with one attached hydrogen (secondary N) is 1. The lowest BCUT2D eigenvalue weighted by Crippen LogP contribution is -2.47. The molecule has 0 atom stereocenters. The molecule has 96 valence electrons. The van der Waals surface area contributed by atoms with Gasteiger partial charge in [-0.1, -0.05) is 5.16 Å². The van der Waals surface area contributed by atoms with Crippen LogP contribution in [-0.2, 0) is 4.79 Å². The molecule has 4 nitrogen and oxygen atoms in total. The minimum Gasteiger partial charge on any atom is -0.338 e. The topological polar surface area (TPSA) is 55.1 Å². The van der Waals surface area contributed by atoms with Crippen LogP contribution in [0.2, 0.25) is 0 Å². The molecule has 1 N–H and O–H groups in total. The summed E-state index contributed by atoms with van der Waals surface area (Å²) in [4.78, 5) is 10.8. The van der Waals surface area contributed by atoms with E-state index in [0.717, 1.165) is 0 Å². The van der Waals surface area contributed by atoms with Gasteiger partial charge in [0.05, 0.1) is 5.69 Å². The van der Waals surface area contributed by atoms with Crippen molar-refractivity contribution in [2.75, 3.05) is 5.32 Å². The largest absolute Gasteiger partial charge is 0.463 e. The fourth-order valence-electron chi connectivity index (χ4n) is 0.842. The van der Waals surface area contributed by atoms with Gasteiger partial charge in [-0.25, -0.2) is 0 Å². The summed E-state index contributed by atoms with van der Waals surface area (Å²) in [5.74, 6) is -8.53. The number of amides is 1. The van der Waals surface area contributed by atoms with Crippen molar-refractivity contribution in [2.24, 2.45) is 0 Å². The van der Waals surface area contributed by atoms with E-state index in [4.69, 9.17) is 0 Å². The maximum Gasteiger partial charge on any atom is 0.463 e. The highest BCUT2D eigenvalue weighted by Gasteiger charge is 2.63. The molecule has 1 amide bonds. The van der Waals surface area contributed by atoms with Crippen LogP contribution in [-0.4, -0.2) is 23.2 Å². The van der Waals surface area contributed by atoms with Crippen LogP contribution in [0.25, 0.3) is 0 Å². The van der Waals surface area contributed by atoms with E-state index in [2.05, 4.69) is 9.68 Å². The van der Waals surface area contributed by atoms with Gasteiger partial charge in [-0.3, -0.25) is 10.1 Å². The van der Waals surface area contributed by atoms with Gasteiger partial charge in [0, 0.05) is 5.56 Å². The zero-order valence-corrected chi connectivity index (χ0v) is 8.65. The third-order valence-electron chi connectivity index (χ3n) is 2.03. The molecule has 1 rings (SSSR count). The summed E-state index contributed by atoms with van der Waals surface area (Å²) in [6.45, 7) is 2.80. The number of hydrogen-bond donors (Lipinski definition) is 1. The molecule has 17 heavy (non-hydrogen) atoms. The van der Waals surface area contributed by atoms with Crippen molar-refractivity contribution >= 4 is 11.8 Å². The number of aromatic nitrogens is 1. The number of hydrogen-bond acceptors (Lipinski definition) is 3. The Kier molecular flexibility index (Phi) is 3.13. The Morgan fingerprint density at radius 2 is 1.76 bits per heavy atom. The smallest absolute Gasteiger partial charge is 0.338 e. The van der Waals surface area contributed by atoms with E-state index in [1.165, 1.54) is 19.2 Å². The van der Waals surface area contributed by atoms with Crippen LogP contribution < -0.4 is 5.32 Å². The number of nitrogens with zero attached hydrogens (tertiary/aromatic N) is 1. The highest BCUT2D eigenvalue weighted by atomic mass is 19.4. The maximum absolute atomic E-state index is 12.5. The number of halogens is 5. The predicted octanol–water partition coefficient (Wildman–Crippen LogP) is 2.43. The van der Waals surface area contributed by atoms with Gasteiger partial charge < -0.3 is 4.52 Å². The van der Waals surface area contributed by atoms with Gasteiger partial charge in [-0.2, -0.15) is 22.0 Å². The fraction of sp³-hybridized carbons (Fsp3) is 0.500. The first-order chi connectivity index (χ1) is 7.57. The van der Waals surface area contributed by atoms with E-state index >= 15 is 0 Å². The zero-order chi connectivity index (χ0) is 13.4. The Labute approximate surface area is 91.8 Å². The van der Waals surface area contributed by atoms with E-state index < -0.39 is 23.9 Å². The first-order valence-electron chi connectivity index (χ1n) is 4.26. The van der Waals surface area contributed by atoms with Gasteiger partial charge in [0.15, 0.2) is 0 Å². The number of anilines is 1. The summed E-state index contributed by atoms with van der Waals surface area (Å²) in [5.41, 5.74) is 0.451. The minimum atomic E-state index is -5.96. The Hall–Kier alpha value is -1.67. The molecule has 0 fully saturated rings. The molecular weight excluding hydrogens is 251 g/mol. The molecule has 1 aromatic heterocycles. The predicted molar refractivity (Wildman–Crippen MR) is 45.6 cm³/mol. The molecule has 0 saturated carbocycles. The van der Waals surface area contributed by atoms with Crippen molar-refractivity contribution in [3.63, 3.8) is 0 Å². The van der Waals surface area contributed by atoms with E-state index in [1.807, 2.05) is 0 Å². The van der Waals surface area contributed by atoms with E-state index in [9.17, 15) is 26.7 Å². The second-order valence-electron chi connectivity index (χ2n) is 3.25. The number of aryl methyl sites for hydroxylation is 1. The molecule has 0 bridgehead atoms. The number of alkyl halides is 5. The van der Waals surface area contributed by atoms with Crippen LogP contribution in [0.3, 0.4) is 0 Å². The molecule has 9 heteroatoms. The molecular formula is C8H7F5N2O2. The zero-order valence-electron chi connectivity index (χ0n) is 8.65. The summed E-state index contributed by atoms with van der Waals surface area (Å²) >= 11 is 0. The quantitative estimate of drug-likeness (QED) is 0.829. The molecule has 0 spiro atoms. The van der Waals surface area contributed by atoms with Crippen molar-refractivity contribution in [2.45, 2.75) is 25.9 Å². The van der Waals surface area contributed by atoms with Crippen molar-refractivity contribution in [1.29, 1.82) is 0 Å². The average molecular weight is 258 g/mol. The number of carbonyl (C=O) groups is 1. The fourth-order valence-corrected chi connectivity index (χ4v) is 0.842. The van der Waals surface area contributed by atoms with Gasteiger partial charge in [0.2, 0.25) is 5.88 Å². The first-order valence-corrected chi connectivity index (χ1v) is 4.26. The Bertz CT molecular complexity index is 438. The maximum atomic E-state index is 12.5. The summed E-state index contributed by atoms with van der Waals surface area (Å²) in [6.07, 6.45) is -5.96. The molecule has 0 unspecified atom stereocenters. The second kappa shape index (κ2) is 3.97. The van der Waals surface area contributed by atoms with Crippen LogP contribution in [0.1, 0.15) is 11.3 Å². The average Bonchev–Trinajstić information content (AvgIpc) is 2.47. The Balaban J connectivity index is 2.91. The van der Waals surface area contributed by atoms with Gasteiger partial charge in [0.25, 0.3) is 0 Å². The number of rotatable bonds is 2. The van der Waals surface area contributed by atoms with E-state index in [1.54, 1.807) is 0 Å². The van der Waals surface area contributed by atoms with E-state index in [0.29, 0.717) is 0 Å². The minimum absolute atomic E-state index is 0.177. The third-order valence-corrected chi connectivity index (χ3v) is 2.03. The molecule has 0 saturated heterocycles. The monoisotopic (exact) mass is 258 g/mol. The summed E-state index contributed by atoms with van der Waals surface area (Å²) in [6, 6.07) is 0. The van der Waals surface area contributed by atoms with Gasteiger partial charge in [0.1, 0.15) is 0 Å². The first kappa shape index (κ1) is 13.4. The van der Waals surface area contributed by atoms with Gasteiger partial charge >= 0.3 is 18.0 Å². The molecule has 0 aliphatic carbocycles. The highest BCUT2D eigenvalue weighted by molar-refractivity contribution is 5.96. The Morgan fingerprint density at radius 3 is 2.12 bits per heavy atom. The normalized spacial score (nSPS) is 12.6. The lowest BCUT2D eigenvalue weighted by Gasteiger charge is -2.17. The lowest BCUT2D eigenvalue weighted by atomic mass is 10.2. The molecule has 0 aliphatic rings. The summed E-state index contributed by atoms with van der Waals surface area (Å²) in [5, 5.41) is 4.64. The van der Waals surface area contributed by atoms with Crippen LogP contribution in [0.4, 0.5) is 27.8 Å². The van der Waals surface area contributed by atoms with Crippen molar-refractivity contribution < 1.29 is 31.3 Å². The van der Waals surface area contributed by atoms with Gasteiger partial charge in [-0.05, 0) is 13.8 Å². The highest BCUT2D eigenvalue weighted by Crippen LogP contribution is 2.36. The standard InChI is InChI=1S/C8H7F5N2O2/c1-3-4(2)15-17-5(3)14-6(16)7(9,10)8(11,12)13/h1-2H3,(H,14,16). The van der Waals surface area contributed by atoms with Crippen molar-refractivity contribution in [3.8, 4) is 0 Å². The second-order valence-corrected chi connectivity index (χ2v) is 3.25. The SMILES string of the molecule is Cc1noc(NC(=O)C(F)(F)C(F)(F)F)c1C. The molecule has 1 aromatic rings. The van der Waals surface area contributed by atoms with Crippen LogP contribution in [0.15, 0.2) is 4.52 Å². The molecule has 1 heterocycles. The van der Waals surface area contributed by atoms with Crippen LogP contribution in [0.5, 0.6) is 0 Å². The van der Waals surface area contributed by atoms with Crippen molar-refractivity contribution in [1.82, 2.24) is 5.16 Å². The van der Waals surface area contributed by atoms with Gasteiger partial charge in [-0.15, -0.1) is 0 Å². The lowest BCUT2D eigenvalue weighted by molar-refractivity contribution is -0.267.